The predicted molar refractivity (Wildman–Crippen MR) is 77.1 cm³/mol. The normalized spacial score (nSPS) is 30.8. The molecule has 3 nitrogen and oxygen atoms in total. The van der Waals surface area contributed by atoms with E-state index in [4.69, 9.17) is 0 Å². The van der Waals surface area contributed by atoms with Gasteiger partial charge in [-0.2, -0.15) is 0 Å². The van der Waals surface area contributed by atoms with Gasteiger partial charge in [0.2, 0.25) is 5.91 Å². The van der Waals surface area contributed by atoms with Gasteiger partial charge in [-0.25, -0.2) is 0 Å². The molecule has 0 aromatic rings. The van der Waals surface area contributed by atoms with Crippen LogP contribution in [0.2, 0.25) is 0 Å². The fraction of sp³-hybridized carbons (Fsp3) is 0.929. The third-order valence-electron chi connectivity index (χ3n) is 4.07. The van der Waals surface area contributed by atoms with Crippen molar-refractivity contribution >= 4 is 18.3 Å². The topological polar surface area (TPSA) is 32.3 Å². The summed E-state index contributed by atoms with van der Waals surface area (Å²) in [7, 11) is 1.99. The van der Waals surface area contributed by atoms with Crippen molar-refractivity contribution in [2.75, 3.05) is 7.05 Å². The molecule has 2 aliphatic rings. The number of rotatable bonds is 2. The van der Waals surface area contributed by atoms with Crippen LogP contribution in [0.1, 0.15) is 52.9 Å². The minimum atomic E-state index is 0. The second-order valence-electron chi connectivity index (χ2n) is 7.01. The highest BCUT2D eigenvalue weighted by atomic mass is 35.5. The van der Waals surface area contributed by atoms with Gasteiger partial charge in [0, 0.05) is 31.6 Å². The van der Waals surface area contributed by atoms with Crippen LogP contribution in [0, 0.1) is 5.41 Å². The van der Waals surface area contributed by atoms with Gasteiger partial charge < -0.3 is 10.2 Å². The number of piperidine rings is 1. The van der Waals surface area contributed by atoms with Crippen LogP contribution >= 0.6 is 12.4 Å². The van der Waals surface area contributed by atoms with E-state index >= 15 is 0 Å². The molecule has 18 heavy (non-hydrogen) atoms. The maximum absolute atomic E-state index is 12.2. The quantitative estimate of drug-likeness (QED) is 0.839. The van der Waals surface area contributed by atoms with Crippen molar-refractivity contribution in [1.29, 1.82) is 0 Å². The Morgan fingerprint density at radius 2 is 1.72 bits per heavy atom. The molecule has 4 heteroatoms. The summed E-state index contributed by atoms with van der Waals surface area (Å²) < 4.78 is 0. The fourth-order valence-electron chi connectivity index (χ4n) is 3.13. The average Bonchev–Trinajstić information content (AvgIpc) is 2.54. The van der Waals surface area contributed by atoms with Gasteiger partial charge >= 0.3 is 0 Å². The Labute approximate surface area is 117 Å². The molecule has 0 saturated carbocycles. The van der Waals surface area contributed by atoms with E-state index in [1.54, 1.807) is 0 Å². The van der Waals surface area contributed by atoms with Gasteiger partial charge in [0.15, 0.2) is 0 Å². The van der Waals surface area contributed by atoms with E-state index in [2.05, 4.69) is 26.1 Å². The summed E-state index contributed by atoms with van der Waals surface area (Å²) in [5.74, 6) is 0.309. The van der Waals surface area contributed by atoms with Crippen molar-refractivity contribution in [3.63, 3.8) is 0 Å². The molecule has 1 amide bonds. The summed E-state index contributed by atoms with van der Waals surface area (Å²) in [6.07, 6.45) is 5.53. The molecule has 0 aliphatic carbocycles. The fourth-order valence-corrected chi connectivity index (χ4v) is 3.13. The summed E-state index contributed by atoms with van der Waals surface area (Å²) in [5, 5.41) is 3.62. The summed E-state index contributed by atoms with van der Waals surface area (Å²) >= 11 is 0. The minimum Gasteiger partial charge on any atom is -0.343 e. The van der Waals surface area contributed by atoms with E-state index < -0.39 is 0 Å². The van der Waals surface area contributed by atoms with E-state index in [1.807, 2.05) is 11.9 Å². The Morgan fingerprint density at radius 1 is 1.22 bits per heavy atom. The SMILES string of the molecule is CN(C(=O)CC(C)(C)C)C1CC2CCC(C1)N2.Cl. The standard InChI is InChI=1S/C14H26N2O.ClH/c1-14(2,3)9-13(17)16(4)12-7-10-5-6-11(8-12)15-10;/h10-12,15H,5-9H2,1-4H3;1H. The zero-order chi connectivity index (χ0) is 12.6. The van der Waals surface area contributed by atoms with Crippen molar-refractivity contribution < 1.29 is 4.79 Å². The Balaban J connectivity index is 0.00000162. The molecule has 1 N–H and O–H groups in total. The smallest absolute Gasteiger partial charge is 0.223 e. The van der Waals surface area contributed by atoms with Gasteiger partial charge in [0.25, 0.3) is 0 Å². The molecule has 0 aromatic carbocycles. The van der Waals surface area contributed by atoms with Crippen molar-refractivity contribution in [3.05, 3.63) is 0 Å². The number of fused-ring (bicyclic) bond motifs is 2. The van der Waals surface area contributed by atoms with Crippen LogP contribution in [0.15, 0.2) is 0 Å². The number of amides is 1. The summed E-state index contributed by atoms with van der Waals surface area (Å²) in [6.45, 7) is 6.39. The third-order valence-corrected chi connectivity index (χ3v) is 4.07. The Morgan fingerprint density at radius 3 is 2.17 bits per heavy atom. The van der Waals surface area contributed by atoms with Gasteiger partial charge in [-0.1, -0.05) is 20.8 Å². The first-order valence-corrected chi connectivity index (χ1v) is 6.87. The van der Waals surface area contributed by atoms with Crippen LogP contribution in [0.3, 0.4) is 0 Å². The van der Waals surface area contributed by atoms with Crippen LogP contribution in [0.5, 0.6) is 0 Å². The minimum absolute atomic E-state index is 0. The van der Waals surface area contributed by atoms with Crippen LogP contribution in [-0.4, -0.2) is 36.0 Å². The number of carbonyl (C=O) groups excluding carboxylic acids is 1. The highest BCUT2D eigenvalue weighted by Crippen LogP contribution is 2.30. The first-order chi connectivity index (χ1) is 7.85. The Kier molecular flexibility index (Phi) is 5.07. The molecule has 0 aromatic heterocycles. The maximum atomic E-state index is 12.2. The molecule has 2 saturated heterocycles. The largest absolute Gasteiger partial charge is 0.343 e. The molecule has 2 rings (SSSR count). The highest BCUT2D eigenvalue weighted by Gasteiger charge is 2.36. The molecule has 106 valence electrons. The number of nitrogens with zero attached hydrogens (tertiary/aromatic N) is 1. The summed E-state index contributed by atoms with van der Waals surface area (Å²) in [5.41, 5.74) is 0.0945. The van der Waals surface area contributed by atoms with Crippen LogP contribution in [0.25, 0.3) is 0 Å². The summed E-state index contributed by atoms with van der Waals surface area (Å²) in [6, 6.07) is 1.77. The lowest BCUT2D eigenvalue weighted by Crippen LogP contribution is -2.49. The van der Waals surface area contributed by atoms with Crippen molar-refractivity contribution in [2.24, 2.45) is 5.41 Å². The van der Waals surface area contributed by atoms with Crippen molar-refractivity contribution in [1.82, 2.24) is 10.2 Å². The predicted octanol–water partition coefficient (Wildman–Crippen LogP) is 2.59. The van der Waals surface area contributed by atoms with E-state index in [9.17, 15) is 4.79 Å². The molecule has 2 atom stereocenters. The highest BCUT2D eigenvalue weighted by molar-refractivity contribution is 5.85. The number of hydrogen-bond acceptors (Lipinski definition) is 2. The maximum Gasteiger partial charge on any atom is 0.223 e. The molecule has 0 radical (unpaired) electrons. The molecule has 2 heterocycles. The van der Waals surface area contributed by atoms with E-state index in [1.165, 1.54) is 12.8 Å². The third kappa shape index (κ3) is 3.86. The molecular weight excluding hydrogens is 248 g/mol. The van der Waals surface area contributed by atoms with Gasteiger partial charge in [-0.3, -0.25) is 4.79 Å². The first-order valence-electron chi connectivity index (χ1n) is 6.87. The van der Waals surface area contributed by atoms with E-state index in [-0.39, 0.29) is 17.8 Å². The molecular formula is C14H27ClN2O. The van der Waals surface area contributed by atoms with E-state index in [0.717, 1.165) is 12.8 Å². The number of nitrogens with one attached hydrogen (secondary N) is 1. The van der Waals surface area contributed by atoms with Gasteiger partial charge in [-0.05, 0) is 31.1 Å². The van der Waals surface area contributed by atoms with Crippen molar-refractivity contribution in [2.45, 2.75) is 71.0 Å². The molecule has 0 spiro atoms. The monoisotopic (exact) mass is 274 g/mol. The lowest BCUT2D eigenvalue weighted by molar-refractivity contribution is -0.134. The van der Waals surface area contributed by atoms with Gasteiger partial charge in [0.1, 0.15) is 0 Å². The second-order valence-corrected chi connectivity index (χ2v) is 7.01. The lowest BCUT2D eigenvalue weighted by atomic mass is 9.90. The first kappa shape index (κ1) is 15.8. The van der Waals surface area contributed by atoms with Crippen LogP contribution < -0.4 is 5.32 Å². The van der Waals surface area contributed by atoms with Crippen LogP contribution in [-0.2, 0) is 4.79 Å². The Bertz CT molecular complexity index is 289. The summed E-state index contributed by atoms with van der Waals surface area (Å²) in [4.78, 5) is 14.2. The molecule has 2 bridgehead atoms. The van der Waals surface area contributed by atoms with E-state index in [0.29, 0.717) is 30.5 Å². The molecule has 2 unspecified atom stereocenters. The lowest BCUT2D eigenvalue weighted by Gasteiger charge is -2.36. The number of halogens is 1. The zero-order valence-electron chi connectivity index (χ0n) is 12.0. The zero-order valence-corrected chi connectivity index (χ0v) is 12.8. The number of carbonyl (C=O) groups is 1. The van der Waals surface area contributed by atoms with Crippen molar-refractivity contribution in [3.8, 4) is 0 Å². The Hall–Kier alpha value is -0.280. The average molecular weight is 275 g/mol. The number of hydrogen-bond donors (Lipinski definition) is 1. The van der Waals surface area contributed by atoms with Crippen LogP contribution in [0.4, 0.5) is 0 Å². The van der Waals surface area contributed by atoms with Gasteiger partial charge in [0.05, 0.1) is 0 Å². The second kappa shape index (κ2) is 5.79. The molecule has 2 fully saturated rings. The van der Waals surface area contributed by atoms with Gasteiger partial charge in [-0.15, -0.1) is 12.4 Å². The molecule has 2 aliphatic heterocycles.